The summed E-state index contributed by atoms with van der Waals surface area (Å²) in [6.45, 7) is 3.71. The van der Waals surface area contributed by atoms with Crippen LogP contribution in [-0.2, 0) is 0 Å². The van der Waals surface area contributed by atoms with E-state index in [4.69, 9.17) is 0 Å². The van der Waals surface area contributed by atoms with Gasteiger partial charge < -0.3 is 0 Å². The lowest BCUT2D eigenvalue weighted by molar-refractivity contribution is 0.824. The molecule has 0 N–H and O–H groups in total. The molecule has 1 aromatic rings. The van der Waals surface area contributed by atoms with Crippen LogP contribution in [0.1, 0.15) is 19.3 Å². The fourth-order valence-corrected chi connectivity index (χ4v) is 2.03. The highest BCUT2D eigenvalue weighted by atomic mass is 32.2. The van der Waals surface area contributed by atoms with E-state index in [1.165, 1.54) is 23.5 Å². The van der Waals surface area contributed by atoms with E-state index in [1.807, 2.05) is 17.8 Å². The molecular formula is C12H16S. The molecule has 0 spiro atoms. The largest absolute Gasteiger partial charge is 0.126 e. The number of rotatable bonds is 6. The van der Waals surface area contributed by atoms with Gasteiger partial charge >= 0.3 is 0 Å². The Hall–Kier alpha value is -0.690. The third-order valence-corrected chi connectivity index (χ3v) is 2.91. The molecular weight excluding hydrogens is 176 g/mol. The molecule has 0 radical (unpaired) electrons. The van der Waals surface area contributed by atoms with Gasteiger partial charge in [0.1, 0.15) is 0 Å². The van der Waals surface area contributed by atoms with Crippen molar-refractivity contribution in [1.82, 2.24) is 0 Å². The normalized spacial score (nSPS) is 9.85. The van der Waals surface area contributed by atoms with Crippen molar-refractivity contribution >= 4 is 11.8 Å². The van der Waals surface area contributed by atoms with Crippen LogP contribution in [0.25, 0.3) is 0 Å². The van der Waals surface area contributed by atoms with Crippen molar-refractivity contribution in [3.63, 3.8) is 0 Å². The van der Waals surface area contributed by atoms with E-state index >= 15 is 0 Å². The molecule has 1 aromatic carbocycles. The maximum Gasteiger partial charge on any atom is 0.00719 e. The summed E-state index contributed by atoms with van der Waals surface area (Å²) in [6.07, 6.45) is 5.69. The van der Waals surface area contributed by atoms with Crippen molar-refractivity contribution in [2.75, 3.05) is 5.75 Å². The van der Waals surface area contributed by atoms with Gasteiger partial charge in [-0.3, -0.25) is 0 Å². The molecule has 0 atom stereocenters. The lowest BCUT2D eigenvalue weighted by Gasteiger charge is -1.99. The Balaban J connectivity index is 2.10. The Morgan fingerprint density at radius 1 is 1.15 bits per heavy atom. The average molecular weight is 192 g/mol. The number of hydrogen-bond acceptors (Lipinski definition) is 1. The zero-order chi connectivity index (χ0) is 9.36. The Morgan fingerprint density at radius 2 is 1.92 bits per heavy atom. The summed E-state index contributed by atoms with van der Waals surface area (Å²) < 4.78 is 0. The fraction of sp³-hybridized carbons (Fsp3) is 0.333. The van der Waals surface area contributed by atoms with Gasteiger partial charge in [-0.25, -0.2) is 0 Å². The van der Waals surface area contributed by atoms with Gasteiger partial charge in [0.2, 0.25) is 0 Å². The molecule has 0 aliphatic carbocycles. The lowest BCUT2D eigenvalue weighted by atomic mass is 10.2. The number of thioether (sulfide) groups is 1. The Kier molecular flexibility index (Phi) is 5.42. The smallest absolute Gasteiger partial charge is 0.00719 e. The quantitative estimate of drug-likeness (QED) is 0.371. The summed E-state index contributed by atoms with van der Waals surface area (Å²) in [5.74, 6) is 1.22. The van der Waals surface area contributed by atoms with E-state index in [0.717, 1.165) is 6.42 Å². The second kappa shape index (κ2) is 6.79. The molecule has 0 saturated heterocycles. The van der Waals surface area contributed by atoms with Gasteiger partial charge in [0.25, 0.3) is 0 Å². The molecule has 0 heterocycles. The van der Waals surface area contributed by atoms with Crippen LogP contribution in [0.15, 0.2) is 47.9 Å². The van der Waals surface area contributed by atoms with Crippen LogP contribution in [0.5, 0.6) is 0 Å². The summed E-state index contributed by atoms with van der Waals surface area (Å²) >= 11 is 1.94. The zero-order valence-corrected chi connectivity index (χ0v) is 8.72. The van der Waals surface area contributed by atoms with Gasteiger partial charge in [0.15, 0.2) is 0 Å². The first-order valence-corrected chi connectivity index (χ1v) is 5.71. The van der Waals surface area contributed by atoms with Crippen molar-refractivity contribution < 1.29 is 0 Å². The van der Waals surface area contributed by atoms with Gasteiger partial charge in [0.05, 0.1) is 0 Å². The van der Waals surface area contributed by atoms with Crippen molar-refractivity contribution in [3.05, 3.63) is 43.0 Å². The molecule has 0 unspecified atom stereocenters. The van der Waals surface area contributed by atoms with E-state index in [0.29, 0.717) is 0 Å². The highest BCUT2D eigenvalue weighted by Crippen LogP contribution is 2.18. The monoisotopic (exact) mass is 192 g/mol. The van der Waals surface area contributed by atoms with E-state index in [2.05, 4.69) is 36.9 Å². The molecule has 0 aliphatic rings. The summed E-state index contributed by atoms with van der Waals surface area (Å²) in [5.41, 5.74) is 0. The van der Waals surface area contributed by atoms with Crippen LogP contribution >= 0.6 is 11.8 Å². The molecule has 0 saturated carbocycles. The van der Waals surface area contributed by atoms with Gasteiger partial charge in [-0.2, -0.15) is 0 Å². The summed E-state index contributed by atoms with van der Waals surface area (Å²) in [7, 11) is 0. The number of hydrogen-bond donors (Lipinski definition) is 0. The molecule has 1 heteroatoms. The van der Waals surface area contributed by atoms with E-state index in [1.54, 1.807) is 0 Å². The molecule has 0 bridgehead atoms. The SMILES string of the molecule is C=CCCCCSc1ccccc1. The molecule has 0 aromatic heterocycles. The van der Waals surface area contributed by atoms with Crippen molar-refractivity contribution in [2.24, 2.45) is 0 Å². The number of unbranched alkanes of at least 4 members (excludes halogenated alkanes) is 2. The molecule has 0 fully saturated rings. The van der Waals surface area contributed by atoms with E-state index in [-0.39, 0.29) is 0 Å². The predicted molar refractivity (Wildman–Crippen MR) is 61.2 cm³/mol. The minimum atomic E-state index is 1.15. The van der Waals surface area contributed by atoms with Crippen LogP contribution < -0.4 is 0 Å². The predicted octanol–water partition coefficient (Wildman–Crippen LogP) is 4.14. The first-order chi connectivity index (χ1) is 6.43. The van der Waals surface area contributed by atoms with Crippen LogP contribution in [0.2, 0.25) is 0 Å². The van der Waals surface area contributed by atoms with Crippen LogP contribution in [0, 0.1) is 0 Å². The van der Waals surface area contributed by atoms with E-state index in [9.17, 15) is 0 Å². The third-order valence-electron chi connectivity index (χ3n) is 1.81. The molecule has 70 valence electrons. The Bertz CT molecular complexity index is 228. The topological polar surface area (TPSA) is 0 Å². The second-order valence-electron chi connectivity index (χ2n) is 2.95. The molecule has 13 heavy (non-hydrogen) atoms. The van der Waals surface area contributed by atoms with Gasteiger partial charge in [-0.05, 0) is 37.1 Å². The Morgan fingerprint density at radius 3 is 2.62 bits per heavy atom. The first kappa shape index (κ1) is 10.4. The van der Waals surface area contributed by atoms with E-state index < -0.39 is 0 Å². The average Bonchev–Trinajstić information content (AvgIpc) is 2.19. The van der Waals surface area contributed by atoms with Crippen molar-refractivity contribution in [2.45, 2.75) is 24.2 Å². The minimum absolute atomic E-state index is 1.15. The maximum atomic E-state index is 3.71. The number of allylic oxidation sites excluding steroid dienone is 1. The van der Waals surface area contributed by atoms with Crippen LogP contribution in [0.4, 0.5) is 0 Å². The van der Waals surface area contributed by atoms with Gasteiger partial charge in [0, 0.05) is 4.90 Å². The van der Waals surface area contributed by atoms with Crippen LogP contribution in [-0.4, -0.2) is 5.75 Å². The van der Waals surface area contributed by atoms with Crippen molar-refractivity contribution in [1.29, 1.82) is 0 Å². The van der Waals surface area contributed by atoms with Gasteiger partial charge in [-0.1, -0.05) is 24.3 Å². The highest BCUT2D eigenvalue weighted by molar-refractivity contribution is 7.99. The summed E-state index contributed by atoms with van der Waals surface area (Å²) in [6, 6.07) is 10.6. The Labute approximate surface area is 85.1 Å². The minimum Gasteiger partial charge on any atom is -0.126 e. The molecule has 0 nitrogen and oxygen atoms in total. The third kappa shape index (κ3) is 4.79. The van der Waals surface area contributed by atoms with Gasteiger partial charge in [-0.15, -0.1) is 18.3 Å². The highest BCUT2D eigenvalue weighted by Gasteiger charge is 1.91. The fourth-order valence-electron chi connectivity index (χ4n) is 1.10. The second-order valence-corrected chi connectivity index (χ2v) is 4.11. The summed E-state index contributed by atoms with van der Waals surface area (Å²) in [4.78, 5) is 1.38. The zero-order valence-electron chi connectivity index (χ0n) is 7.91. The standard InChI is InChI=1S/C12H16S/c1-2-3-4-8-11-13-12-9-6-5-7-10-12/h2,5-7,9-10H,1,3-4,8,11H2. The summed E-state index contributed by atoms with van der Waals surface area (Å²) in [5, 5.41) is 0. The number of benzene rings is 1. The van der Waals surface area contributed by atoms with Crippen molar-refractivity contribution in [3.8, 4) is 0 Å². The molecule has 1 rings (SSSR count). The van der Waals surface area contributed by atoms with Crippen LogP contribution in [0.3, 0.4) is 0 Å². The first-order valence-electron chi connectivity index (χ1n) is 4.72. The lowest BCUT2D eigenvalue weighted by Crippen LogP contribution is -1.79. The molecule has 0 aliphatic heterocycles. The maximum absolute atomic E-state index is 3.71. The molecule has 0 amide bonds.